The summed E-state index contributed by atoms with van der Waals surface area (Å²) in [5.74, 6) is 0.630. The average molecular weight is 526 g/mol. The third-order valence-electron chi connectivity index (χ3n) is 7.27. The molecule has 37 heavy (non-hydrogen) atoms. The number of amides is 1. The van der Waals surface area contributed by atoms with Gasteiger partial charge >= 0.3 is 8.25 Å². The number of likely N-dealkylation sites (tertiary alicyclic amines) is 1. The first-order chi connectivity index (χ1) is 17.6. The lowest BCUT2D eigenvalue weighted by atomic mass is 9.87. The molecule has 5 N–H and O–H groups in total. The van der Waals surface area contributed by atoms with Crippen molar-refractivity contribution in [3.05, 3.63) is 53.0 Å². The SMILES string of the molecule is Cc1c(-c2[nH]c3ccc(C4CCN(CC(N)=O)CC4)cc3c2C(C)C)cn2ncnc2c1C.O=[P+](O)O. The van der Waals surface area contributed by atoms with Gasteiger partial charge in [-0.25, -0.2) is 9.50 Å². The Labute approximate surface area is 216 Å². The standard InChI is InChI=1S/C26H32N6O.HO3P/c1-15(2)24-20-11-19(18-7-9-31(10-8-18)13-23(27)33)5-6-22(20)30-25(24)21-12-32-26(28-14-29-32)17(4)16(21)3;1-4(2)3/h5-6,11-12,14-15,18,30H,7-10,13H2,1-4H3,(H2,27,33);(H-,1,2,3)/p+1. The second-order valence-electron chi connectivity index (χ2n) is 9.96. The number of nitrogens with zero attached hydrogens (tertiary/aromatic N) is 4. The first kappa shape index (κ1) is 26.9. The molecule has 10 nitrogen and oxygen atoms in total. The van der Waals surface area contributed by atoms with Gasteiger partial charge in [0.25, 0.3) is 0 Å². The highest BCUT2D eigenvalue weighted by atomic mass is 31.1. The minimum absolute atomic E-state index is 0.245. The molecule has 1 aliphatic heterocycles. The molecule has 1 aliphatic rings. The van der Waals surface area contributed by atoms with Crippen molar-refractivity contribution in [3.63, 3.8) is 0 Å². The van der Waals surface area contributed by atoms with Crippen LogP contribution >= 0.6 is 8.25 Å². The zero-order valence-electron chi connectivity index (χ0n) is 21.6. The first-order valence-corrected chi connectivity index (χ1v) is 13.5. The van der Waals surface area contributed by atoms with Gasteiger partial charge in [0.15, 0.2) is 5.65 Å². The number of hydrogen-bond donors (Lipinski definition) is 4. The lowest BCUT2D eigenvalue weighted by molar-refractivity contribution is -0.119. The predicted octanol–water partition coefficient (Wildman–Crippen LogP) is 3.91. The van der Waals surface area contributed by atoms with Crippen LogP contribution in [0.4, 0.5) is 0 Å². The Kier molecular flexibility index (Phi) is 8.04. The van der Waals surface area contributed by atoms with Crippen LogP contribution < -0.4 is 5.73 Å². The van der Waals surface area contributed by atoms with Crippen LogP contribution in [0, 0.1) is 13.8 Å². The van der Waals surface area contributed by atoms with E-state index >= 15 is 0 Å². The van der Waals surface area contributed by atoms with Crippen molar-refractivity contribution >= 4 is 30.7 Å². The smallest absolute Gasteiger partial charge is 0.369 e. The van der Waals surface area contributed by atoms with Gasteiger partial charge < -0.3 is 10.7 Å². The molecule has 196 valence electrons. The zero-order chi connectivity index (χ0) is 26.9. The molecule has 1 saturated heterocycles. The number of nitrogens with two attached hydrogens (primary N) is 1. The Morgan fingerprint density at radius 1 is 1.22 bits per heavy atom. The highest BCUT2D eigenvalue weighted by Crippen LogP contribution is 2.39. The molecule has 4 heterocycles. The molecule has 0 unspecified atom stereocenters. The predicted molar refractivity (Wildman–Crippen MR) is 143 cm³/mol. The Morgan fingerprint density at radius 3 is 2.51 bits per heavy atom. The number of carbonyl (C=O) groups is 1. The van der Waals surface area contributed by atoms with Crippen LogP contribution in [-0.2, 0) is 9.36 Å². The number of aromatic nitrogens is 4. The number of H-pyrrole nitrogens is 1. The molecule has 4 aromatic rings. The number of fused-ring (bicyclic) bond motifs is 2. The summed E-state index contributed by atoms with van der Waals surface area (Å²) in [4.78, 5) is 35.8. The Hall–Kier alpha value is -3.17. The van der Waals surface area contributed by atoms with Gasteiger partial charge in [0.05, 0.1) is 12.2 Å². The number of hydrogen-bond acceptors (Lipinski definition) is 5. The molecule has 0 atom stereocenters. The summed E-state index contributed by atoms with van der Waals surface area (Å²) in [7, 11) is -2.87. The van der Waals surface area contributed by atoms with Crippen molar-refractivity contribution in [3.8, 4) is 11.3 Å². The van der Waals surface area contributed by atoms with Crippen molar-refractivity contribution in [2.75, 3.05) is 19.6 Å². The maximum Gasteiger partial charge on any atom is 0.692 e. The van der Waals surface area contributed by atoms with Gasteiger partial charge in [0.1, 0.15) is 6.33 Å². The molecule has 0 aliphatic carbocycles. The summed E-state index contributed by atoms with van der Waals surface area (Å²) in [6.45, 7) is 11.0. The molecule has 1 fully saturated rings. The number of pyridine rings is 1. The number of carbonyl (C=O) groups excluding carboxylic acids is 1. The molecular weight excluding hydrogens is 491 g/mol. The Morgan fingerprint density at radius 2 is 1.89 bits per heavy atom. The summed E-state index contributed by atoms with van der Waals surface area (Å²) in [5.41, 5.74) is 14.9. The summed E-state index contributed by atoms with van der Waals surface area (Å²) in [6, 6.07) is 6.88. The van der Waals surface area contributed by atoms with Gasteiger partial charge in [-0.1, -0.05) is 19.9 Å². The van der Waals surface area contributed by atoms with Crippen molar-refractivity contribution in [1.82, 2.24) is 24.5 Å². The molecule has 0 radical (unpaired) electrons. The molecule has 1 aromatic carbocycles. The van der Waals surface area contributed by atoms with E-state index in [9.17, 15) is 4.79 Å². The van der Waals surface area contributed by atoms with E-state index in [-0.39, 0.29) is 5.91 Å². The number of aryl methyl sites for hydroxylation is 1. The number of primary amides is 1. The van der Waals surface area contributed by atoms with Gasteiger partial charge in [0.2, 0.25) is 5.91 Å². The topological polar surface area (TPSA) is 150 Å². The van der Waals surface area contributed by atoms with E-state index in [0.29, 0.717) is 18.4 Å². The molecule has 0 bridgehead atoms. The van der Waals surface area contributed by atoms with Crippen LogP contribution in [0.2, 0.25) is 0 Å². The molecular formula is C26H34N6O4P+. The fraction of sp³-hybridized carbons (Fsp3) is 0.423. The van der Waals surface area contributed by atoms with Crippen molar-refractivity contribution < 1.29 is 19.1 Å². The van der Waals surface area contributed by atoms with E-state index in [0.717, 1.165) is 37.1 Å². The Balaban J connectivity index is 0.000000747. The number of piperidine rings is 1. The van der Waals surface area contributed by atoms with Gasteiger partial charge in [0, 0.05) is 27.2 Å². The second-order valence-corrected chi connectivity index (χ2v) is 10.5. The highest BCUT2D eigenvalue weighted by Gasteiger charge is 2.24. The minimum atomic E-state index is -2.87. The summed E-state index contributed by atoms with van der Waals surface area (Å²) >= 11 is 0. The number of nitrogens with one attached hydrogen (secondary N) is 1. The van der Waals surface area contributed by atoms with Gasteiger partial charge in [-0.15, -0.1) is 9.79 Å². The van der Waals surface area contributed by atoms with Crippen molar-refractivity contribution in [2.24, 2.45) is 5.73 Å². The van der Waals surface area contributed by atoms with E-state index < -0.39 is 8.25 Å². The number of aromatic amines is 1. The fourth-order valence-electron chi connectivity index (χ4n) is 5.40. The minimum Gasteiger partial charge on any atom is -0.369 e. The maximum atomic E-state index is 11.3. The van der Waals surface area contributed by atoms with Crippen molar-refractivity contribution in [1.29, 1.82) is 0 Å². The molecule has 3 aromatic heterocycles. The van der Waals surface area contributed by atoms with E-state index in [4.69, 9.17) is 20.1 Å². The Bertz CT molecular complexity index is 1450. The van der Waals surface area contributed by atoms with Gasteiger partial charge in [-0.3, -0.25) is 9.69 Å². The average Bonchev–Trinajstić information content (AvgIpc) is 3.45. The molecule has 5 rings (SSSR count). The molecule has 1 amide bonds. The summed E-state index contributed by atoms with van der Waals surface area (Å²) < 4.78 is 10.6. The van der Waals surface area contributed by atoms with Gasteiger partial charge in [-0.2, -0.15) is 5.10 Å². The van der Waals surface area contributed by atoms with E-state index in [1.165, 1.54) is 38.9 Å². The summed E-state index contributed by atoms with van der Waals surface area (Å²) in [6.07, 6.45) is 5.81. The van der Waals surface area contributed by atoms with Crippen LogP contribution in [0.15, 0.2) is 30.7 Å². The zero-order valence-corrected chi connectivity index (χ0v) is 22.5. The largest absolute Gasteiger partial charge is 0.692 e. The maximum absolute atomic E-state index is 11.3. The van der Waals surface area contributed by atoms with Gasteiger partial charge in [-0.05, 0) is 86.0 Å². The first-order valence-electron chi connectivity index (χ1n) is 12.4. The number of rotatable bonds is 5. The summed E-state index contributed by atoms with van der Waals surface area (Å²) in [5, 5.41) is 5.69. The normalized spacial score (nSPS) is 14.8. The third-order valence-corrected chi connectivity index (χ3v) is 7.27. The quantitative estimate of drug-likeness (QED) is 0.289. The van der Waals surface area contributed by atoms with Crippen LogP contribution in [0.1, 0.15) is 60.8 Å². The number of benzene rings is 1. The van der Waals surface area contributed by atoms with Crippen LogP contribution in [-0.4, -0.2) is 59.8 Å². The van der Waals surface area contributed by atoms with E-state index in [1.807, 2.05) is 4.52 Å². The molecule has 0 spiro atoms. The van der Waals surface area contributed by atoms with E-state index in [2.05, 4.69) is 72.1 Å². The fourth-order valence-corrected chi connectivity index (χ4v) is 5.40. The molecule has 11 heteroatoms. The lowest BCUT2D eigenvalue weighted by Crippen LogP contribution is -2.39. The lowest BCUT2D eigenvalue weighted by Gasteiger charge is -2.31. The van der Waals surface area contributed by atoms with E-state index in [1.54, 1.807) is 6.33 Å². The monoisotopic (exact) mass is 525 g/mol. The van der Waals surface area contributed by atoms with Crippen molar-refractivity contribution in [2.45, 2.75) is 52.4 Å². The van der Waals surface area contributed by atoms with Crippen LogP contribution in [0.25, 0.3) is 27.8 Å². The highest BCUT2D eigenvalue weighted by molar-refractivity contribution is 7.30. The van der Waals surface area contributed by atoms with Crippen LogP contribution in [0.3, 0.4) is 0 Å². The third kappa shape index (κ3) is 5.72. The second kappa shape index (κ2) is 11.1. The van der Waals surface area contributed by atoms with Crippen LogP contribution in [0.5, 0.6) is 0 Å². The molecule has 0 saturated carbocycles.